The van der Waals surface area contributed by atoms with Crippen molar-refractivity contribution < 1.29 is 0 Å². The van der Waals surface area contributed by atoms with Gasteiger partial charge >= 0.3 is 0 Å². The summed E-state index contributed by atoms with van der Waals surface area (Å²) in [6.07, 6.45) is 0. The third-order valence-electron chi connectivity index (χ3n) is 0.158. The molecule has 3 heteroatoms. The number of nitrogens with zero attached hydrogens (tertiary/aromatic N) is 2. The van der Waals surface area contributed by atoms with E-state index in [0.717, 1.165) is 0 Å². The Morgan fingerprint density at radius 1 is 1.80 bits per heavy atom. The molecule has 0 N–H and O–H groups in total. The molecule has 0 spiro atoms. The molecule has 3 nitrogen and oxygen atoms in total. The van der Waals surface area contributed by atoms with Gasteiger partial charge in [0.25, 0.3) is 0 Å². The molecule has 5 heavy (non-hydrogen) atoms. The van der Waals surface area contributed by atoms with Gasteiger partial charge in [0.05, 0.1) is 0 Å². The van der Waals surface area contributed by atoms with Crippen molar-refractivity contribution in [3.05, 3.63) is 4.91 Å². The van der Waals surface area contributed by atoms with Gasteiger partial charge < -0.3 is 0 Å². The van der Waals surface area contributed by atoms with Gasteiger partial charge in [0.1, 0.15) is 0 Å². The van der Waals surface area contributed by atoms with E-state index in [9.17, 15) is 0 Å². The standard InChI is InChI=1S/C2H4N2O/c1-3-2-4-5/h1-2H2. The lowest BCUT2D eigenvalue weighted by atomic mass is 11.2. The van der Waals surface area contributed by atoms with Crippen molar-refractivity contribution in [1.82, 2.24) is 0 Å². The van der Waals surface area contributed by atoms with Gasteiger partial charge in [0.2, 0.25) is 0 Å². The fraction of sp³-hybridized carbons (Fsp3) is 0.500. The molecule has 0 heterocycles. The van der Waals surface area contributed by atoms with Crippen LogP contribution in [0, 0.1) is 4.91 Å². The molecule has 0 saturated carbocycles. The van der Waals surface area contributed by atoms with Crippen molar-refractivity contribution in [2.45, 2.75) is 0 Å². The van der Waals surface area contributed by atoms with Crippen molar-refractivity contribution in [1.29, 1.82) is 0 Å². The lowest BCUT2D eigenvalue weighted by molar-refractivity contribution is 1.07. The molecular formula is C2H4N2O. The average molecular weight is 72.1 g/mol. The minimum atomic E-state index is -0.0278. The van der Waals surface area contributed by atoms with Crippen molar-refractivity contribution in [2.75, 3.05) is 6.67 Å². The molecule has 0 aromatic carbocycles. The highest BCUT2D eigenvalue weighted by atomic mass is 16.3. The van der Waals surface area contributed by atoms with Crippen LogP contribution in [0.5, 0.6) is 0 Å². The predicted molar refractivity (Wildman–Crippen MR) is 20.2 cm³/mol. The summed E-state index contributed by atoms with van der Waals surface area (Å²) in [5.74, 6) is 0. The first-order valence-electron chi connectivity index (χ1n) is 1.13. The molecule has 0 atom stereocenters. The summed E-state index contributed by atoms with van der Waals surface area (Å²) < 4.78 is 0. The number of rotatable bonds is 2. The van der Waals surface area contributed by atoms with E-state index in [1.807, 2.05) is 0 Å². The average Bonchev–Trinajstić information content (AvgIpc) is 1.41. The van der Waals surface area contributed by atoms with Crippen molar-refractivity contribution in [3.63, 3.8) is 0 Å². The third-order valence-corrected chi connectivity index (χ3v) is 0.158. The summed E-state index contributed by atoms with van der Waals surface area (Å²) in [7, 11) is 0. The van der Waals surface area contributed by atoms with Crippen LogP contribution in [0.1, 0.15) is 0 Å². The Kier molecular flexibility index (Phi) is 2.79. The monoisotopic (exact) mass is 72.0 g/mol. The Labute approximate surface area is 29.7 Å². The van der Waals surface area contributed by atoms with Gasteiger partial charge in [-0.05, 0) is 11.9 Å². The molecule has 0 aliphatic heterocycles. The second kappa shape index (κ2) is 3.27. The quantitative estimate of drug-likeness (QED) is 0.344. The lowest BCUT2D eigenvalue weighted by Gasteiger charge is -1.61. The van der Waals surface area contributed by atoms with Crippen molar-refractivity contribution >= 4 is 6.72 Å². The molecule has 0 fully saturated rings. The van der Waals surface area contributed by atoms with Crippen LogP contribution >= 0.6 is 0 Å². The van der Waals surface area contributed by atoms with Crippen LogP contribution in [0.3, 0.4) is 0 Å². The van der Waals surface area contributed by atoms with E-state index in [4.69, 9.17) is 4.91 Å². The van der Waals surface area contributed by atoms with Gasteiger partial charge in [-0.15, -0.1) is 4.91 Å². The molecule has 0 aromatic rings. The van der Waals surface area contributed by atoms with Gasteiger partial charge in [0.15, 0.2) is 6.67 Å². The summed E-state index contributed by atoms with van der Waals surface area (Å²) >= 11 is 0. The van der Waals surface area contributed by atoms with Crippen molar-refractivity contribution in [2.24, 2.45) is 10.2 Å². The molecule has 28 valence electrons. The SMILES string of the molecule is C=NCN=O. The zero-order valence-corrected chi connectivity index (χ0v) is 2.72. The number of hydrogen-bond donors (Lipinski definition) is 0. The highest BCUT2D eigenvalue weighted by Crippen LogP contribution is 1.59. The smallest absolute Gasteiger partial charge is 0.170 e. The molecular weight excluding hydrogens is 68.0 g/mol. The van der Waals surface area contributed by atoms with Gasteiger partial charge in [0, 0.05) is 0 Å². The highest BCUT2D eigenvalue weighted by Gasteiger charge is 1.58. The molecule has 0 amide bonds. The van der Waals surface area contributed by atoms with Crippen LogP contribution in [0.4, 0.5) is 0 Å². The lowest BCUT2D eigenvalue weighted by Crippen LogP contribution is -1.60. The van der Waals surface area contributed by atoms with Crippen LogP contribution < -0.4 is 0 Å². The van der Waals surface area contributed by atoms with E-state index < -0.39 is 0 Å². The summed E-state index contributed by atoms with van der Waals surface area (Å²) in [6.45, 7) is 2.98. The Morgan fingerprint density at radius 2 is 2.40 bits per heavy atom. The first-order valence-corrected chi connectivity index (χ1v) is 1.13. The molecule has 0 unspecified atom stereocenters. The Bertz CT molecular complexity index is 36.9. The zero-order chi connectivity index (χ0) is 4.12. The second-order valence-corrected chi connectivity index (χ2v) is 0.494. The van der Waals surface area contributed by atoms with Crippen LogP contribution in [0.15, 0.2) is 10.2 Å². The van der Waals surface area contributed by atoms with E-state index in [2.05, 4.69) is 16.9 Å². The molecule has 0 saturated heterocycles. The number of hydrogen-bond acceptors (Lipinski definition) is 3. The minimum absolute atomic E-state index is 0.0278. The zero-order valence-electron chi connectivity index (χ0n) is 2.72. The topological polar surface area (TPSA) is 41.8 Å². The Balaban J connectivity index is 2.65. The summed E-state index contributed by atoms with van der Waals surface area (Å²) in [5.41, 5.74) is 0. The van der Waals surface area contributed by atoms with Gasteiger partial charge in [-0.1, -0.05) is 0 Å². The van der Waals surface area contributed by atoms with Crippen LogP contribution in [0.25, 0.3) is 0 Å². The van der Waals surface area contributed by atoms with E-state index in [0.29, 0.717) is 0 Å². The van der Waals surface area contributed by atoms with Crippen molar-refractivity contribution in [3.8, 4) is 0 Å². The molecule has 0 aromatic heterocycles. The van der Waals surface area contributed by atoms with E-state index in [1.165, 1.54) is 0 Å². The maximum Gasteiger partial charge on any atom is 0.170 e. The molecule has 0 aliphatic rings. The molecule has 0 aliphatic carbocycles. The fourth-order valence-electron chi connectivity index (χ4n) is 0.0408. The van der Waals surface area contributed by atoms with Gasteiger partial charge in [-0.2, -0.15) is 0 Å². The van der Waals surface area contributed by atoms with E-state index in [1.54, 1.807) is 0 Å². The molecule has 0 rings (SSSR count). The summed E-state index contributed by atoms with van der Waals surface area (Å²) in [5, 5.41) is 2.38. The first kappa shape index (κ1) is 4.27. The highest BCUT2D eigenvalue weighted by molar-refractivity contribution is 5.22. The number of nitroso groups, excluding NO2 is 1. The first-order chi connectivity index (χ1) is 2.41. The Morgan fingerprint density at radius 3 is 2.40 bits per heavy atom. The normalized spacial score (nSPS) is 6.40. The minimum Gasteiger partial charge on any atom is -0.274 e. The fourth-order valence-corrected chi connectivity index (χ4v) is 0.0408. The second-order valence-electron chi connectivity index (χ2n) is 0.494. The summed E-state index contributed by atoms with van der Waals surface area (Å²) in [6, 6.07) is 0. The summed E-state index contributed by atoms with van der Waals surface area (Å²) in [4.78, 5) is 12.1. The Hall–Kier alpha value is -0.730. The molecule has 0 bridgehead atoms. The third kappa shape index (κ3) is 3.27. The maximum absolute atomic E-state index is 9.02. The predicted octanol–water partition coefficient (Wildman–Crippen LogP) is 0.411. The maximum atomic E-state index is 9.02. The van der Waals surface area contributed by atoms with Crippen LogP contribution in [-0.4, -0.2) is 13.4 Å². The van der Waals surface area contributed by atoms with E-state index in [-0.39, 0.29) is 6.67 Å². The van der Waals surface area contributed by atoms with Gasteiger partial charge in [-0.25, -0.2) is 0 Å². The van der Waals surface area contributed by atoms with Gasteiger partial charge in [-0.3, -0.25) is 4.99 Å². The van der Waals surface area contributed by atoms with Crippen LogP contribution in [0.2, 0.25) is 0 Å². The van der Waals surface area contributed by atoms with Crippen LogP contribution in [-0.2, 0) is 0 Å². The largest absolute Gasteiger partial charge is 0.274 e. The van der Waals surface area contributed by atoms with E-state index >= 15 is 0 Å². The molecule has 0 radical (unpaired) electrons. The number of aliphatic imine (C=N–C) groups is 1.